The van der Waals surface area contributed by atoms with Crippen molar-refractivity contribution < 1.29 is 19.1 Å². The topological polar surface area (TPSA) is 76.7 Å². The average Bonchev–Trinajstić information content (AvgIpc) is 2.39. The fourth-order valence-electron chi connectivity index (χ4n) is 1.59. The Kier molecular flexibility index (Phi) is 3.66. The number of aliphatic hydroxyl groups is 1. The monoisotopic (exact) mass is 260 g/mol. The van der Waals surface area contributed by atoms with E-state index in [-0.39, 0.29) is 17.8 Å². The molecule has 0 aliphatic carbocycles. The zero-order chi connectivity index (χ0) is 13.8. The van der Waals surface area contributed by atoms with Crippen molar-refractivity contribution in [2.24, 2.45) is 0 Å². The highest BCUT2D eigenvalue weighted by atomic mass is 16.5. The zero-order valence-electron chi connectivity index (χ0n) is 10.3. The molecule has 0 aliphatic heterocycles. The number of carbonyl (C=O) groups is 1. The van der Waals surface area contributed by atoms with Crippen molar-refractivity contribution in [2.75, 3.05) is 6.61 Å². The van der Waals surface area contributed by atoms with Crippen molar-refractivity contribution in [1.82, 2.24) is 0 Å². The Hall–Kier alpha value is -2.56. The third-order valence-electron chi connectivity index (χ3n) is 2.42. The predicted molar refractivity (Wildman–Crippen MR) is 69.7 cm³/mol. The van der Waals surface area contributed by atoms with E-state index < -0.39 is 11.7 Å². The Balaban J connectivity index is 2.44. The summed E-state index contributed by atoms with van der Waals surface area (Å²) in [6.45, 7) is 1.78. The molecule has 0 bridgehead atoms. The lowest BCUT2D eigenvalue weighted by molar-refractivity contribution is -0.141. The van der Waals surface area contributed by atoms with Crippen LogP contribution in [0.4, 0.5) is 0 Å². The Morgan fingerprint density at radius 1 is 1.42 bits per heavy atom. The summed E-state index contributed by atoms with van der Waals surface area (Å²) in [5.41, 5.74) is 0.141. The minimum atomic E-state index is -0.863. The van der Waals surface area contributed by atoms with Gasteiger partial charge in [-0.05, 0) is 19.1 Å². The first-order valence-electron chi connectivity index (χ1n) is 5.72. The number of ether oxygens (including phenoxy) is 1. The molecule has 2 aromatic rings. The lowest BCUT2D eigenvalue weighted by Crippen LogP contribution is -2.07. The Morgan fingerprint density at radius 3 is 2.89 bits per heavy atom. The second-order valence-corrected chi connectivity index (χ2v) is 3.76. The summed E-state index contributed by atoms with van der Waals surface area (Å²) >= 11 is 0. The highest BCUT2D eigenvalue weighted by molar-refractivity contribution is 5.90. The summed E-state index contributed by atoms with van der Waals surface area (Å²) in [7, 11) is 0. The van der Waals surface area contributed by atoms with Crippen LogP contribution in [0.25, 0.3) is 17.0 Å². The van der Waals surface area contributed by atoms with Crippen LogP contribution in [-0.4, -0.2) is 17.7 Å². The Bertz CT molecular complexity index is 696. The normalized spacial score (nSPS) is 11.5. The van der Waals surface area contributed by atoms with Crippen LogP contribution in [0.2, 0.25) is 0 Å². The molecule has 1 heterocycles. The van der Waals surface area contributed by atoms with E-state index in [4.69, 9.17) is 4.42 Å². The summed E-state index contributed by atoms with van der Waals surface area (Å²) in [6.07, 6.45) is 1.06. The van der Waals surface area contributed by atoms with Gasteiger partial charge in [-0.2, -0.15) is 0 Å². The maximum Gasteiger partial charge on any atom is 0.373 e. The van der Waals surface area contributed by atoms with Gasteiger partial charge in [0, 0.05) is 12.1 Å². The number of hydrogen-bond acceptors (Lipinski definition) is 5. The van der Waals surface area contributed by atoms with Gasteiger partial charge < -0.3 is 14.3 Å². The number of benzene rings is 1. The van der Waals surface area contributed by atoms with E-state index in [1.807, 2.05) is 0 Å². The summed E-state index contributed by atoms with van der Waals surface area (Å²) in [6, 6.07) is 7.93. The first-order valence-corrected chi connectivity index (χ1v) is 5.72. The van der Waals surface area contributed by atoms with Gasteiger partial charge in [0.1, 0.15) is 11.3 Å². The molecule has 0 radical (unpaired) electrons. The molecular formula is C14H12O5. The van der Waals surface area contributed by atoms with Crippen LogP contribution in [0.5, 0.6) is 0 Å². The fraction of sp³-hybridized carbons (Fsp3) is 0.143. The van der Waals surface area contributed by atoms with Crippen molar-refractivity contribution in [1.29, 1.82) is 0 Å². The van der Waals surface area contributed by atoms with Crippen LogP contribution in [0.15, 0.2) is 45.3 Å². The lowest BCUT2D eigenvalue weighted by atomic mass is 10.2. The molecule has 5 heteroatoms. The van der Waals surface area contributed by atoms with Gasteiger partial charge in [-0.3, -0.25) is 4.79 Å². The standard InChI is InChI=1S/C14H12O5/c1-2-18-14(17)12(16)8-9-7-11(15)10-5-3-4-6-13(10)19-9/h3-8,16H,2H2,1H3. The molecule has 2 rings (SSSR count). The molecule has 98 valence electrons. The first-order chi connectivity index (χ1) is 9.11. The van der Waals surface area contributed by atoms with E-state index in [9.17, 15) is 14.7 Å². The minimum absolute atomic E-state index is 0.0919. The van der Waals surface area contributed by atoms with Gasteiger partial charge in [0.25, 0.3) is 0 Å². The van der Waals surface area contributed by atoms with E-state index in [0.29, 0.717) is 11.0 Å². The summed E-state index contributed by atoms with van der Waals surface area (Å²) in [5.74, 6) is -1.38. The maximum atomic E-state index is 11.8. The number of hydrogen-bond donors (Lipinski definition) is 1. The first kappa shape index (κ1) is 12.9. The second-order valence-electron chi connectivity index (χ2n) is 3.76. The number of para-hydroxylation sites is 1. The van der Waals surface area contributed by atoms with Crippen molar-refractivity contribution in [3.05, 3.63) is 52.1 Å². The maximum absolute atomic E-state index is 11.8. The van der Waals surface area contributed by atoms with Crippen molar-refractivity contribution in [2.45, 2.75) is 6.92 Å². The van der Waals surface area contributed by atoms with Gasteiger partial charge in [-0.25, -0.2) is 4.79 Å². The number of fused-ring (bicyclic) bond motifs is 1. The van der Waals surface area contributed by atoms with Crippen LogP contribution in [0.3, 0.4) is 0 Å². The van der Waals surface area contributed by atoms with E-state index in [1.54, 1.807) is 31.2 Å². The third kappa shape index (κ3) is 2.82. The molecule has 1 N–H and O–H groups in total. The van der Waals surface area contributed by atoms with Gasteiger partial charge in [0.2, 0.25) is 5.76 Å². The van der Waals surface area contributed by atoms with Crippen LogP contribution >= 0.6 is 0 Å². The summed E-state index contributed by atoms with van der Waals surface area (Å²) < 4.78 is 10.0. The number of esters is 1. The molecule has 19 heavy (non-hydrogen) atoms. The minimum Gasteiger partial charge on any atom is -0.502 e. The van der Waals surface area contributed by atoms with Gasteiger partial charge >= 0.3 is 5.97 Å². The third-order valence-corrected chi connectivity index (χ3v) is 2.42. The zero-order valence-corrected chi connectivity index (χ0v) is 10.3. The molecule has 0 saturated carbocycles. The molecule has 0 fully saturated rings. The highest BCUT2D eigenvalue weighted by Gasteiger charge is 2.10. The quantitative estimate of drug-likeness (QED) is 0.520. The SMILES string of the molecule is CCOC(=O)C(O)=Cc1cc(=O)c2ccccc2o1. The van der Waals surface area contributed by atoms with Crippen molar-refractivity contribution in [3.8, 4) is 0 Å². The van der Waals surface area contributed by atoms with Crippen LogP contribution in [-0.2, 0) is 9.53 Å². The van der Waals surface area contributed by atoms with Crippen molar-refractivity contribution >= 4 is 23.0 Å². The summed E-state index contributed by atoms with van der Waals surface area (Å²) in [4.78, 5) is 23.0. The molecule has 0 aliphatic rings. The molecule has 0 atom stereocenters. The second kappa shape index (κ2) is 5.39. The molecular weight excluding hydrogens is 248 g/mol. The number of carbonyl (C=O) groups excluding carboxylic acids is 1. The van der Waals surface area contributed by atoms with Gasteiger partial charge in [-0.15, -0.1) is 0 Å². The van der Waals surface area contributed by atoms with Gasteiger partial charge in [0.15, 0.2) is 5.43 Å². The molecule has 0 spiro atoms. The smallest absolute Gasteiger partial charge is 0.373 e. The van der Waals surface area contributed by atoms with E-state index in [1.165, 1.54) is 6.07 Å². The molecule has 5 nitrogen and oxygen atoms in total. The molecule has 0 saturated heterocycles. The molecule has 0 unspecified atom stereocenters. The molecule has 0 amide bonds. The van der Waals surface area contributed by atoms with E-state index in [2.05, 4.69) is 4.74 Å². The Morgan fingerprint density at radius 2 is 2.16 bits per heavy atom. The highest BCUT2D eigenvalue weighted by Crippen LogP contribution is 2.13. The van der Waals surface area contributed by atoms with Crippen molar-refractivity contribution in [3.63, 3.8) is 0 Å². The number of rotatable bonds is 3. The largest absolute Gasteiger partial charge is 0.502 e. The van der Waals surface area contributed by atoms with Crippen LogP contribution < -0.4 is 5.43 Å². The van der Waals surface area contributed by atoms with E-state index in [0.717, 1.165) is 6.08 Å². The van der Waals surface area contributed by atoms with Gasteiger partial charge in [0.05, 0.1) is 12.0 Å². The van der Waals surface area contributed by atoms with Crippen LogP contribution in [0, 0.1) is 0 Å². The van der Waals surface area contributed by atoms with E-state index >= 15 is 0 Å². The summed E-state index contributed by atoms with van der Waals surface area (Å²) in [5, 5.41) is 9.93. The lowest BCUT2D eigenvalue weighted by Gasteiger charge is -2.01. The average molecular weight is 260 g/mol. The molecule has 1 aromatic carbocycles. The molecule has 1 aromatic heterocycles. The number of aliphatic hydroxyl groups excluding tert-OH is 1. The van der Waals surface area contributed by atoms with Crippen LogP contribution in [0.1, 0.15) is 12.7 Å². The van der Waals surface area contributed by atoms with Gasteiger partial charge in [-0.1, -0.05) is 12.1 Å². The fourth-order valence-corrected chi connectivity index (χ4v) is 1.59. The Labute approximate surface area is 108 Å². The predicted octanol–water partition coefficient (Wildman–Crippen LogP) is 2.26.